The van der Waals surface area contributed by atoms with Crippen LogP contribution in [0.5, 0.6) is 0 Å². The van der Waals surface area contributed by atoms with E-state index in [9.17, 15) is 9.90 Å². The molecule has 2 fully saturated rings. The number of aliphatic carboxylic acids is 1. The third-order valence-electron chi connectivity index (χ3n) is 6.04. The van der Waals surface area contributed by atoms with Crippen molar-refractivity contribution < 1.29 is 9.90 Å². The zero-order chi connectivity index (χ0) is 15.5. The molecule has 2 atom stereocenters. The van der Waals surface area contributed by atoms with Crippen LogP contribution in [0.1, 0.15) is 72.1 Å². The van der Waals surface area contributed by atoms with E-state index in [1.165, 1.54) is 25.7 Å². The first-order chi connectivity index (χ1) is 10.00. The van der Waals surface area contributed by atoms with Crippen molar-refractivity contribution >= 4 is 5.97 Å². The van der Waals surface area contributed by atoms with Crippen molar-refractivity contribution in [1.82, 2.24) is 4.90 Å². The predicted octanol–water partition coefficient (Wildman–Crippen LogP) is 4.17. The number of carboxylic acid groups (broad SMARTS) is 1. The summed E-state index contributed by atoms with van der Waals surface area (Å²) >= 11 is 0. The molecule has 1 saturated carbocycles. The molecule has 0 aromatic carbocycles. The van der Waals surface area contributed by atoms with E-state index in [0.717, 1.165) is 50.6 Å². The van der Waals surface area contributed by atoms with Crippen LogP contribution in [0.4, 0.5) is 0 Å². The number of carboxylic acids is 1. The Bertz CT molecular complexity index is 345. The quantitative estimate of drug-likeness (QED) is 0.827. The second kappa shape index (κ2) is 7.13. The summed E-state index contributed by atoms with van der Waals surface area (Å²) < 4.78 is 0. The summed E-state index contributed by atoms with van der Waals surface area (Å²) in [5, 5.41) is 9.64. The molecule has 3 heteroatoms. The topological polar surface area (TPSA) is 40.5 Å². The van der Waals surface area contributed by atoms with Gasteiger partial charge in [0.15, 0.2) is 0 Å². The van der Waals surface area contributed by atoms with Gasteiger partial charge >= 0.3 is 5.97 Å². The van der Waals surface area contributed by atoms with Gasteiger partial charge in [-0.1, -0.05) is 40.0 Å². The van der Waals surface area contributed by atoms with Crippen molar-refractivity contribution in [3.63, 3.8) is 0 Å². The lowest BCUT2D eigenvalue weighted by atomic mass is 9.72. The van der Waals surface area contributed by atoms with Crippen LogP contribution in [0, 0.1) is 17.3 Å². The number of hydrogen-bond acceptors (Lipinski definition) is 2. The third-order valence-corrected chi connectivity index (χ3v) is 6.04. The van der Waals surface area contributed by atoms with Crippen LogP contribution in [0.15, 0.2) is 0 Å². The van der Waals surface area contributed by atoms with Crippen molar-refractivity contribution in [2.75, 3.05) is 13.1 Å². The lowest BCUT2D eigenvalue weighted by molar-refractivity contribution is -0.153. The Morgan fingerprint density at radius 3 is 2.38 bits per heavy atom. The first kappa shape index (κ1) is 16.8. The average molecular weight is 295 g/mol. The van der Waals surface area contributed by atoms with Crippen LogP contribution in [0.3, 0.4) is 0 Å². The maximum Gasteiger partial charge on any atom is 0.309 e. The van der Waals surface area contributed by atoms with Crippen LogP contribution >= 0.6 is 0 Å². The lowest BCUT2D eigenvalue weighted by Gasteiger charge is -2.47. The molecule has 0 amide bonds. The fourth-order valence-electron chi connectivity index (χ4n) is 4.70. The van der Waals surface area contributed by atoms with Gasteiger partial charge in [-0.2, -0.15) is 0 Å². The fraction of sp³-hybridized carbons (Fsp3) is 0.944. The predicted molar refractivity (Wildman–Crippen MR) is 86.4 cm³/mol. The van der Waals surface area contributed by atoms with Gasteiger partial charge in [0.1, 0.15) is 0 Å². The van der Waals surface area contributed by atoms with Gasteiger partial charge in [-0.25, -0.2) is 0 Å². The fourth-order valence-corrected chi connectivity index (χ4v) is 4.70. The van der Waals surface area contributed by atoms with Crippen molar-refractivity contribution in [1.29, 1.82) is 0 Å². The highest BCUT2D eigenvalue weighted by Gasteiger charge is 2.43. The van der Waals surface area contributed by atoms with Gasteiger partial charge in [0, 0.05) is 6.04 Å². The number of likely N-dealkylation sites (tertiary alicyclic amines) is 1. The van der Waals surface area contributed by atoms with E-state index in [2.05, 4.69) is 25.7 Å². The van der Waals surface area contributed by atoms with Crippen molar-refractivity contribution in [2.45, 2.75) is 78.2 Å². The van der Waals surface area contributed by atoms with Crippen LogP contribution in [0.25, 0.3) is 0 Å². The van der Waals surface area contributed by atoms with E-state index in [4.69, 9.17) is 0 Å². The molecule has 0 spiro atoms. The molecule has 3 nitrogen and oxygen atoms in total. The largest absolute Gasteiger partial charge is 0.481 e. The third kappa shape index (κ3) is 3.61. The molecule has 122 valence electrons. The maximum absolute atomic E-state index is 11.7. The smallest absolute Gasteiger partial charge is 0.309 e. The Labute approximate surface area is 130 Å². The molecule has 1 saturated heterocycles. The molecule has 1 aliphatic heterocycles. The Hall–Kier alpha value is -0.570. The van der Waals surface area contributed by atoms with E-state index in [0.29, 0.717) is 6.04 Å². The average Bonchev–Trinajstić information content (AvgIpc) is 2.48. The molecule has 2 unspecified atom stereocenters. The Morgan fingerprint density at radius 2 is 1.86 bits per heavy atom. The molecule has 0 aromatic heterocycles. The highest BCUT2D eigenvalue weighted by molar-refractivity contribution is 5.74. The van der Waals surface area contributed by atoms with E-state index < -0.39 is 11.4 Å². The summed E-state index contributed by atoms with van der Waals surface area (Å²) in [6.07, 6.45) is 8.91. The molecule has 0 radical (unpaired) electrons. The van der Waals surface area contributed by atoms with Crippen molar-refractivity contribution in [3.8, 4) is 0 Å². The number of nitrogens with zero attached hydrogens (tertiary/aromatic N) is 1. The number of carbonyl (C=O) groups is 1. The molecule has 1 heterocycles. The summed E-state index contributed by atoms with van der Waals surface area (Å²) in [6.45, 7) is 8.78. The van der Waals surface area contributed by atoms with E-state index in [-0.39, 0.29) is 0 Å². The summed E-state index contributed by atoms with van der Waals surface area (Å²) in [5.41, 5.74) is -0.437. The van der Waals surface area contributed by atoms with Crippen LogP contribution < -0.4 is 0 Å². The highest BCUT2D eigenvalue weighted by Crippen LogP contribution is 2.40. The zero-order valence-corrected chi connectivity index (χ0v) is 14.1. The van der Waals surface area contributed by atoms with Crippen LogP contribution in [0.2, 0.25) is 0 Å². The van der Waals surface area contributed by atoms with Gasteiger partial charge in [0.25, 0.3) is 0 Å². The molecule has 1 aliphatic carbocycles. The molecule has 21 heavy (non-hydrogen) atoms. The van der Waals surface area contributed by atoms with Crippen LogP contribution in [-0.2, 0) is 4.79 Å². The maximum atomic E-state index is 11.7. The summed E-state index contributed by atoms with van der Waals surface area (Å²) in [4.78, 5) is 14.3. The van der Waals surface area contributed by atoms with Crippen molar-refractivity contribution in [3.05, 3.63) is 0 Å². The molecular formula is C18H33NO2. The summed E-state index contributed by atoms with van der Waals surface area (Å²) in [7, 11) is 0. The van der Waals surface area contributed by atoms with Gasteiger partial charge in [-0.15, -0.1) is 0 Å². The van der Waals surface area contributed by atoms with Gasteiger partial charge in [-0.3, -0.25) is 4.79 Å². The first-order valence-corrected chi connectivity index (χ1v) is 8.97. The van der Waals surface area contributed by atoms with Gasteiger partial charge in [-0.05, 0) is 57.0 Å². The zero-order valence-electron chi connectivity index (χ0n) is 14.1. The van der Waals surface area contributed by atoms with E-state index in [1.54, 1.807) is 0 Å². The molecule has 2 aliphatic rings. The number of hydrogen-bond donors (Lipinski definition) is 1. The van der Waals surface area contributed by atoms with Crippen LogP contribution in [-0.4, -0.2) is 35.1 Å². The number of piperidine rings is 1. The SMILES string of the molecule is CCCC1(C(=O)O)CCN(C2CCCCC2C(C)C)CC1. The van der Waals surface area contributed by atoms with Gasteiger partial charge < -0.3 is 10.0 Å². The highest BCUT2D eigenvalue weighted by atomic mass is 16.4. The van der Waals surface area contributed by atoms with E-state index in [1.807, 2.05) is 0 Å². The summed E-state index contributed by atoms with van der Waals surface area (Å²) in [5.74, 6) is 0.993. The summed E-state index contributed by atoms with van der Waals surface area (Å²) in [6, 6.07) is 0.701. The molecule has 0 aromatic rings. The number of rotatable bonds is 5. The minimum Gasteiger partial charge on any atom is -0.481 e. The Kier molecular flexibility index (Phi) is 5.70. The first-order valence-electron chi connectivity index (χ1n) is 8.97. The second-order valence-corrected chi connectivity index (χ2v) is 7.63. The minimum absolute atomic E-state index is 0.437. The lowest BCUT2D eigenvalue weighted by Crippen LogP contribution is -2.51. The standard InChI is InChI=1S/C18H33NO2/c1-4-9-18(17(20)21)10-12-19(13-11-18)16-8-6-5-7-15(16)14(2)3/h14-16H,4-13H2,1-3H3,(H,20,21). The minimum atomic E-state index is -0.562. The van der Waals surface area contributed by atoms with Gasteiger partial charge in [0.2, 0.25) is 0 Å². The van der Waals surface area contributed by atoms with E-state index >= 15 is 0 Å². The Balaban J connectivity index is 2.00. The molecular weight excluding hydrogens is 262 g/mol. The van der Waals surface area contributed by atoms with Gasteiger partial charge in [0.05, 0.1) is 5.41 Å². The van der Waals surface area contributed by atoms with Crippen molar-refractivity contribution in [2.24, 2.45) is 17.3 Å². The monoisotopic (exact) mass is 295 g/mol. The molecule has 0 bridgehead atoms. The normalized spacial score (nSPS) is 30.5. The second-order valence-electron chi connectivity index (χ2n) is 7.63. The molecule has 2 rings (SSSR count). The Morgan fingerprint density at radius 1 is 1.24 bits per heavy atom. The molecule has 1 N–H and O–H groups in total.